The van der Waals surface area contributed by atoms with E-state index in [4.69, 9.17) is 14.0 Å². The summed E-state index contributed by atoms with van der Waals surface area (Å²) < 4.78 is 43.9. The molecule has 0 aliphatic heterocycles. The zero-order valence-corrected chi connectivity index (χ0v) is 17.7. The monoisotopic (exact) mass is 430 g/mol. The van der Waals surface area contributed by atoms with Gasteiger partial charge in [0, 0.05) is 18.2 Å². The Labute approximate surface area is 174 Å². The molecular formula is C21H22N2O6S. The van der Waals surface area contributed by atoms with Crippen molar-refractivity contribution in [1.29, 1.82) is 0 Å². The number of hydrogen-bond donors (Lipinski definition) is 1. The van der Waals surface area contributed by atoms with Gasteiger partial charge in [-0.05, 0) is 43.2 Å². The number of rotatable bonds is 8. The molecule has 0 saturated carbocycles. The molecule has 3 aromatic rings. The highest BCUT2D eigenvalue weighted by Crippen LogP contribution is 2.30. The van der Waals surface area contributed by atoms with Crippen molar-refractivity contribution in [1.82, 2.24) is 9.88 Å². The number of benzene rings is 2. The van der Waals surface area contributed by atoms with Crippen molar-refractivity contribution in [3.05, 3.63) is 65.4 Å². The van der Waals surface area contributed by atoms with Crippen LogP contribution >= 0.6 is 0 Å². The van der Waals surface area contributed by atoms with E-state index in [-0.39, 0.29) is 35.3 Å². The minimum Gasteiger partial charge on any atom is -0.495 e. The van der Waals surface area contributed by atoms with Crippen LogP contribution < -0.4 is 9.46 Å². The normalized spacial score (nSPS) is 11.3. The Morgan fingerprint density at radius 3 is 2.63 bits per heavy atom. The molecule has 0 spiro atoms. The third kappa shape index (κ3) is 4.69. The smallest absolute Gasteiger partial charge is 0.360 e. The van der Waals surface area contributed by atoms with Crippen molar-refractivity contribution in [2.75, 3.05) is 13.7 Å². The first-order chi connectivity index (χ1) is 14.4. The molecule has 0 fully saturated rings. The van der Waals surface area contributed by atoms with Crippen LogP contribution in [0.4, 0.5) is 0 Å². The van der Waals surface area contributed by atoms with Crippen LogP contribution in [0, 0.1) is 6.92 Å². The molecule has 30 heavy (non-hydrogen) atoms. The van der Waals surface area contributed by atoms with Crippen molar-refractivity contribution >= 4 is 16.0 Å². The fourth-order valence-corrected chi connectivity index (χ4v) is 4.01. The number of methoxy groups -OCH3 is 1. The lowest BCUT2D eigenvalue weighted by molar-refractivity contribution is 0.0514. The summed E-state index contributed by atoms with van der Waals surface area (Å²) in [4.78, 5) is 11.7. The Kier molecular flexibility index (Phi) is 6.53. The van der Waals surface area contributed by atoms with E-state index in [2.05, 4.69) is 9.88 Å². The molecule has 0 aliphatic rings. The van der Waals surface area contributed by atoms with Crippen molar-refractivity contribution < 1.29 is 27.2 Å². The van der Waals surface area contributed by atoms with Crippen LogP contribution in [0.15, 0.2) is 57.9 Å². The van der Waals surface area contributed by atoms with Gasteiger partial charge in [0.05, 0.1) is 13.7 Å². The van der Waals surface area contributed by atoms with E-state index in [1.165, 1.54) is 25.3 Å². The summed E-state index contributed by atoms with van der Waals surface area (Å²) in [5, 5.41) is 3.69. The largest absolute Gasteiger partial charge is 0.495 e. The van der Waals surface area contributed by atoms with Crippen LogP contribution in [-0.4, -0.2) is 33.3 Å². The maximum absolute atomic E-state index is 13.0. The quantitative estimate of drug-likeness (QED) is 0.546. The van der Waals surface area contributed by atoms with Crippen molar-refractivity contribution in [2.24, 2.45) is 0 Å². The van der Waals surface area contributed by atoms with E-state index in [0.29, 0.717) is 5.56 Å². The highest BCUT2D eigenvalue weighted by atomic mass is 32.2. The number of nitrogens with zero attached hydrogens (tertiary/aromatic N) is 1. The van der Waals surface area contributed by atoms with E-state index >= 15 is 0 Å². The number of aromatic nitrogens is 1. The molecular weight excluding hydrogens is 408 g/mol. The highest BCUT2D eigenvalue weighted by Gasteiger charge is 2.22. The van der Waals surface area contributed by atoms with Crippen LogP contribution in [0.1, 0.15) is 28.5 Å². The zero-order valence-electron chi connectivity index (χ0n) is 16.8. The van der Waals surface area contributed by atoms with Gasteiger partial charge in [-0.3, -0.25) is 0 Å². The van der Waals surface area contributed by atoms with Gasteiger partial charge >= 0.3 is 5.97 Å². The first kappa shape index (κ1) is 21.5. The van der Waals surface area contributed by atoms with Crippen LogP contribution in [0.2, 0.25) is 0 Å². The number of esters is 1. The van der Waals surface area contributed by atoms with E-state index in [1.54, 1.807) is 13.0 Å². The van der Waals surface area contributed by atoms with E-state index in [1.807, 2.05) is 31.2 Å². The molecule has 0 atom stereocenters. The molecule has 0 bridgehead atoms. The summed E-state index contributed by atoms with van der Waals surface area (Å²) in [6, 6.07) is 13.5. The maximum Gasteiger partial charge on any atom is 0.360 e. The minimum absolute atomic E-state index is 0.00440. The first-order valence-corrected chi connectivity index (χ1v) is 10.7. The Morgan fingerprint density at radius 2 is 1.93 bits per heavy atom. The predicted octanol–water partition coefficient (Wildman–Crippen LogP) is 3.31. The molecule has 0 amide bonds. The number of nitrogens with one attached hydrogen (secondary N) is 1. The van der Waals surface area contributed by atoms with Crippen molar-refractivity contribution in [2.45, 2.75) is 25.3 Å². The average molecular weight is 430 g/mol. The van der Waals surface area contributed by atoms with E-state index in [0.717, 1.165) is 11.1 Å². The van der Waals surface area contributed by atoms with Crippen molar-refractivity contribution in [3.8, 4) is 17.1 Å². The van der Waals surface area contributed by atoms with Crippen LogP contribution in [-0.2, 0) is 21.3 Å². The summed E-state index contributed by atoms with van der Waals surface area (Å²) in [6.07, 6.45) is 0. The summed E-state index contributed by atoms with van der Waals surface area (Å²) in [5.41, 5.74) is 2.28. The average Bonchev–Trinajstić information content (AvgIpc) is 3.23. The first-order valence-electron chi connectivity index (χ1n) is 9.22. The van der Waals surface area contributed by atoms with E-state index < -0.39 is 16.0 Å². The third-order valence-corrected chi connectivity index (χ3v) is 5.87. The van der Waals surface area contributed by atoms with Crippen LogP contribution in [0.5, 0.6) is 5.75 Å². The van der Waals surface area contributed by atoms with E-state index in [9.17, 15) is 13.2 Å². The second-order valence-corrected chi connectivity index (χ2v) is 8.15. The molecule has 0 unspecified atom stereocenters. The lowest BCUT2D eigenvalue weighted by atomic mass is 10.1. The second kappa shape index (κ2) is 9.10. The fourth-order valence-electron chi connectivity index (χ4n) is 2.81. The number of hydrogen-bond acceptors (Lipinski definition) is 7. The highest BCUT2D eigenvalue weighted by molar-refractivity contribution is 7.89. The van der Waals surface area contributed by atoms with Gasteiger partial charge in [0.25, 0.3) is 0 Å². The number of aryl methyl sites for hydroxylation is 1. The zero-order chi connectivity index (χ0) is 21.7. The molecule has 3 rings (SSSR count). The summed E-state index contributed by atoms with van der Waals surface area (Å²) in [6.45, 7) is 3.94. The number of carbonyl (C=O) groups is 1. The standard InChI is InChI=1S/C21H22N2O6S/c1-4-28-21(24)17-12-19(29-23-17)15-9-10-18(27-3)20(11-15)30(25,26)22-13-16-8-6-5-7-14(16)2/h5-12,22H,4,13H2,1-3H3. The SMILES string of the molecule is CCOC(=O)c1cc(-c2ccc(OC)c(S(=O)(=O)NCc3ccccc3C)c2)on1. The van der Waals surface area contributed by atoms with Gasteiger partial charge < -0.3 is 14.0 Å². The third-order valence-electron chi connectivity index (χ3n) is 4.45. The summed E-state index contributed by atoms with van der Waals surface area (Å²) in [5.74, 6) is -0.203. The molecule has 9 heteroatoms. The maximum atomic E-state index is 13.0. The predicted molar refractivity (Wildman–Crippen MR) is 110 cm³/mol. The van der Waals surface area contributed by atoms with Crippen LogP contribution in [0.25, 0.3) is 11.3 Å². The topological polar surface area (TPSA) is 108 Å². The second-order valence-electron chi connectivity index (χ2n) is 6.41. The Bertz CT molecular complexity index is 1150. The Hall–Kier alpha value is -3.17. The lowest BCUT2D eigenvalue weighted by Gasteiger charge is -2.12. The summed E-state index contributed by atoms with van der Waals surface area (Å²) >= 11 is 0. The molecule has 0 aliphatic carbocycles. The Morgan fingerprint density at radius 1 is 1.17 bits per heavy atom. The molecule has 1 aromatic heterocycles. The van der Waals surface area contributed by atoms with Gasteiger partial charge in [-0.25, -0.2) is 17.9 Å². The molecule has 0 saturated heterocycles. The number of sulfonamides is 1. The molecule has 158 valence electrons. The molecule has 2 aromatic carbocycles. The fraction of sp³-hybridized carbons (Fsp3) is 0.238. The van der Waals surface area contributed by atoms with Gasteiger partial charge in [-0.15, -0.1) is 0 Å². The van der Waals surface area contributed by atoms with Gasteiger partial charge in [0.15, 0.2) is 11.5 Å². The molecule has 1 N–H and O–H groups in total. The molecule has 1 heterocycles. The lowest BCUT2D eigenvalue weighted by Crippen LogP contribution is -2.24. The molecule has 8 nitrogen and oxygen atoms in total. The minimum atomic E-state index is -3.90. The molecule has 0 radical (unpaired) electrons. The number of ether oxygens (including phenoxy) is 2. The van der Waals surface area contributed by atoms with Gasteiger partial charge in [-0.1, -0.05) is 29.4 Å². The van der Waals surface area contributed by atoms with Gasteiger partial charge in [-0.2, -0.15) is 0 Å². The van der Waals surface area contributed by atoms with Crippen LogP contribution in [0.3, 0.4) is 0 Å². The Balaban J connectivity index is 1.90. The van der Waals surface area contributed by atoms with Gasteiger partial charge in [0.2, 0.25) is 10.0 Å². The summed E-state index contributed by atoms with van der Waals surface area (Å²) in [7, 11) is -2.50. The number of carbonyl (C=O) groups excluding carboxylic acids is 1. The van der Waals surface area contributed by atoms with Crippen molar-refractivity contribution in [3.63, 3.8) is 0 Å². The van der Waals surface area contributed by atoms with Gasteiger partial charge in [0.1, 0.15) is 10.6 Å².